The fourth-order valence-electron chi connectivity index (χ4n) is 4.30. The van der Waals surface area contributed by atoms with Gasteiger partial charge in [-0.05, 0) is 33.6 Å². The summed E-state index contributed by atoms with van der Waals surface area (Å²) < 4.78 is 41.4. The molecule has 0 radical (unpaired) electrons. The first-order valence-electron chi connectivity index (χ1n) is 9.84. The minimum absolute atomic E-state index is 0.00369. The molecule has 1 fully saturated rings. The van der Waals surface area contributed by atoms with Crippen LogP contribution in [0.2, 0.25) is 0 Å². The predicted molar refractivity (Wildman–Crippen MR) is 101 cm³/mol. The Morgan fingerprint density at radius 2 is 2.10 bits per heavy atom. The standard InChI is InChI=1S/C19H25F3N6O/c1-10-6-16(19(20,21)22)28-17(23-10)8-15(26-28)13-4-5-27(9-13)18(29)7-14-11(2)24-25-12(14)3/h8,10,13,16,23H,4-7,9H2,1-3H3,(H,24,25)/t10-,13-,16-/m1/s1. The molecule has 4 rings (SSSR count). The summed E-state index contributed by atoms with van der Waals surface area (Å²) in [5.74, 6) is 0.342. The van der Waals surface area contributed by atoms with Crippen molar-refractivity contribution in [3.63, 3.8) is 0 Å². The number of amides is 1. The number of nitrogens with one attached hydrogen (secondary N) is 2. The van der Waals surface area contributed by atoms with E-state index in [4.69, 9.17) is 0 Å². The first-order valence-corrected chi connectivity index (χ1v) is 9.84. The molecule has 3 atom stereocenters. The molecular formula is C19H25F3N6O. The van der Waals surface area contributed by atoms with Gasteiger partial charge < -0.3 is 10.2 Å². The van der Waals surface area contributed by atoms with Crippen LogP contribution in [0.3, 0.4) is 0 Å². The van der Waals surface area contributed by atoms with Crippen molar-refractivity contribution in [1.82, 2.24) is 24.9 Å². The van der Waals surface area contributed by atoms with Crippen LogP contribution in [0.4, 0.5) is 19.0 Å². The molecule has 1 saturated heterocycles. The van der Waals surface area contributed by atoms with E-state index in [0.29, 0.717) is 31.0 Å². The van der Waals surface area contributed by atoms with E-state index in [2.05, 4.69) is 20.6 Å². The lowest BCUT2D eigenvalue weighted by atomic mass is 10.0. The third-order valence-corrected chi connectivity index (χ3v) is 5.97. The smallest absolute Gasteiger partial charge is 0.368 e. The first kappa shape index (κ1) is 19.8. The molecule has 158 valence electrons. The normalized spacial score (nSPS) is 24.5. The monoisotopic (exact) mass is 410 g/mol. The number of rotatable bonds is 3. The summed E-state index contributed by atoms with van der Waals surface area (Å²) in [6.45, 7) is 6.53. The van der Waals surface area contributed by atoms with Gasteiger partial charge in [-0.2, -0.15) is 23.4 Å². The maximum atomic E-state index is 13.4. The number of alkyl halides is 3. The number of likely N-dealkylation sites (tertiary alicyclic amines) is 1. The number of anilines is 1. The molecule has 0 aliphatic carbocycles. The molecule has 29 heavy (non-hydrogen) atoms. The summed E-state index contributed by atoms with van der Waals surface area (Å²) in [4.78, 5) is 14.5. The quantitative estimate of drug-likeness (QED) is 0.815. The largest absolute Gasteiger partial charge is 0.410 e. The molecule has 2 aromatic rings. The Bertz CT molecular complexity index is 898. The van der Waals surface area contributed by atoms with Gasteiger partial charge in [-0.25, -0.2) is 4.68 Å². The summed E-state index contributed by atoms with van der Waals surface area (Å²) in [6.07, 6.45) is -3.42. The third-order valence-electron chi connectivity index (χ3n) is 5.97. The number of carbonyl (C=O) groups excluding carboxylic acids is 1. The van der Waals surface area contributed by atoms with E-state index in [1.807, 2.05) is 13.8 Å². The number of carbonyl (C=O) groups is 1. The lowest BCUT2D eigenvalue weighted by Gasteiger charge is -2.31. The predicted octanol–water partition coefficient (Wildman–Crippen LogP) is 3.09. The molecule has 2 aliphatic heterocycles. The molecule has 2 aliphatic rings. The van der Waals surface area contributed by atoms with Gasteiger partial charge in [0.25, 0.3) is 0 Å². The van der Waals surface area contributed by atoms with Gasteiger partial charge in [0, 0.05) is 42.4 Å². The Kier molecular flexibility index (Phi) is 4.82. The number of H-pyrrole nitrogens is 1. The highest BCUT2D eigenvalue weighted by molar-refractivity contribution is 5.79. The van der Waals surface area contributed by atoms with Crippen LogP contribution in [-0.4, -0.2) is 56.1 Å². The van der Waals surface area contributed by atoms with Gasteiger partial charge >= 0.3 is 6.18 Å². The molecule has 7 nitrogen and oxygen atoms in total. The fraction of sp³-hybridized carbons (Fsp3) is 0.632. The minimum Gasteiger partial charge on any atom is -0.368 e. The van der Waals surface area contributed by atoms with Gasteiger partial charge in [-0.3, -0.25) is 9.89 Å². The zero-order chi connectivity index (χ0) is 20.9. The van der Waals surface area contributed by atoms with Gasteiger partial charge in [-0.1, -0.05) is 0 Å². The average molecular weight is 410 g/mol. The van der Waals surface area contributed by atoms with E-state index in [9.17, 15) is 18.0 Å². The number of halogens is 3. The molecule has 1 amide bonds. The lowest BCUT2D eigenvalue weighted by Crippen LogP contribution is -2.37. The summed E-state index contributed by atoms with van der Waals surface area (Å²) in [6, 6.07) is -0.187. The summed E-state index contributed by atoms with van der Waals surface area (Å²) in [7, 11) is 0. The number of aromatic amines is 1. The van der Waals surface area contributed by atoms with Crippen LogP contribution < -0.4 is 5.32 Å². The second kappa shape index (κ2) is 7.07. The molecule has 10 heteroatoms. The van der Waals surface area contributed by atoms with E-state index >= 15 is 0 Å². The van der Waals surface area contributed by atoms with Crippen LogP contribution in [-0.2, 0) is 11.2 Å². The van der Waals surface area contributed by atoms with Crippen molar-refractivity contribution in [1.29, 1.82) is 0 Å². The molecule has 0 saturated carbocycles. The average Bonchev–Trinajstić information content (AvgIpc) is 3.34. The molecule has 0 bridgehead atoms. The summed E-state index contributed by atoms with van der Waals surface area (Å²) in [5.41, 5.74) is 3.21. The highest BCUT2D eigenvalue weighted by Crippen LogP contribution is 2.40. The van der Waals surface area contributed by atoms with E-state index < -0.39 is 12.2 Å². The minimum atomic E-state index is -4.34. The fourth-order valence-corrected chi connectivity index (χ4v) is 4.30. The van der Waals surface area contributed by atoms with Crippen LogP contribution in [0.15, 0.2) is 6.07 Å². The maximum absolute atomic E-state index is 13.4. The summed E-state index contributed by atoms with van der Waals surface area (Å²) in [5, 5.41) is 14.4. The topological polar surface area (TPSA) is 78.8 Å². The van der Waals surface area contributed by atoms with Crippen molar-refractivity contribution in [2.75, 3.05) is 18.4 Å². The Hall–Kier alpha value is -2.52. The van der Waals surface area contributed by atoms with E-state index in [1.165, 1.54) is 0 Å². The molecule has 2 aromatic heterocycles. The maximum Gasteiger partial charge on any atom is 0.410 e. The molecule has 2 N–H and O–H groups in total. The highest BCUT2D eigenvalue weighted by Gasteiger charge is 2.46. The van der Waals surface area contributed by atoms with Crippen LogP contribution in [0.5, 0.6) is 0 Å². The molecule has 0 unspecified atom stereocenters. The van der Waals surface area contributed by atoms with Crippen molar-refractivity contribution in [3.05, 3.63) is 28.7 Å². The van der Waals surface area contributed by atoms with Crippen LogP contribution in [0.25, 0.3) is 0 Å². The molecule has 4 heterocycles. The highest BCUT2D eigenvalue weighted by atomic mass is 19.4. The van der Waals surface area contributed by atoms with E-state index in [-0.39, 0.29) is 30.7 Å². The molecule has 0 aromatic carbocycles. The second-order valence-electron chi connectivity index (χ2n) is 8.15. The van der Waals surface area contributed by atoms with E-state index in [0.717, 1.165) is 21.6 Å². The number of hydrogen-bond acceptors (Lipinski definition) is 4. The van der Waals surface area contributed by atoms with Crippen LogP contribution in [0.1, 0.15) is 54.4 Å². The van der Waals surface area contributed by atoms with Crippen molar-refractivity contribution < 1.29 is 18.0 Å². The molecular weight excluding hydrogens is 385 g/mol. The van der Waals surface area contributed by atoms with Gasteiger partial charge in [0.15, 0.2) is 6.04 Å². The second-order valence-corrected chi connectivity index (χ2v) is 8.15. The zero-order valence-corrected chi connectivity index (χ0v) is 16.7. The Balaban J connectivity index is 1.48. The van der Waals surface area contributed by atoms with Crippen molar-refractivity contribution in [3.8, 4) is 0 Å². The van der Waals surface area contributed by atoms with Crippen molar-refractivity contribution >= 4 is 11.7 Å². The lowest BCUT2D eigenvalue weighted by molar-refractivity contribution is -0.173. The third kappa shape index (κ3) is 3.72. The van der Waals surface area contributed by atoms with Gasteiger partial charge in [0.2, 0.25) is 5.91 Å². The Morgan fingerprint density at radius 3 is 2.76 bits per heavy atom. The van der Waals surface area contributed by atoms with Gasteiger partial charge in [-0.15, -0.1) is 0 Å². The number of aryl methyl sites for hydroxylation is 2. The Labute approximate surface area is 166 Å². The summed E-state index contributed by atoms with van der Waals surface area (Å²) >= 11 is 0. The van der Waals surface area contributed by atoms with E-state index in [1.54, 1.807) is 17.9 Å². The number of fused-ring (bicyclic) bond motifs is 1. The number of hydrogen-bond donors (Lipinski definition) is 2. The zero-order valence-electron chi connectivity index (χ0n) is 16.7. The van der Waals surface area contributed by atoms with Crippen LogP contribution >= 0.6 is 0 Å². The van der Waals surface area contributed by atoms with Crippen LogP contribution in [0, 0.1) is 13.8 Å². The number of nitrogens with zero attached hydrogens (tertiary/aromatic N) is 4. The first-order chi connectivity index (χ1) is 13.6. The van der Waals surface area contributed by atoms with Crippen molar-refractivity contribution in [2.45, 2.75) is 64.2 Å². The SMILES string of the molecule is Cc1n[nH]c(C)c1CC(=O)N1CC[C@@H](c2cc3n(n2)[C@@H](C(F)(F)F)C[C@@H](C)N3)C1. The van der Waals surface area contributed by atoms with Crippen molar-refractivity contribution in [2.24, 2.45) is 0 Å². The Morgan fingerprint density at radius 1 is 1.34 bits per heavy atom. The molecule has 0 spiro atoms. The van der Waals surface area contributed by atoms with Gasteiger partial charge in [0.05, 0.1) is 17.8 Å². The number of aromatic nitrogens is 4. The van der Waals surface area contributed by atoms with Gasteiger partial charge in [0.1, 0.15) is 5.82 Å².